The Morgan fingerprint density at radius 3 is 2.46 bits per heavy atom. The molecule has 0 aliphatic heterocycles. The number of benzene rings is 2. The summed E-state index contributed by atoms with van der Waals surface area (Å²) in [5, 5.41) is 0.532. The minimum absolute atomic E-state index is 0.00232. The van der Waals surface area contributed by atoms with Gasteiger partial charge in [0.1, 0.15) is 11.6 Å². The van der Waals surface area contributed by atoms with E-state index in [2.05, 4.69) is 9.97 Å². The number of ether oxygens (including phenoxy) is 1. The number of aromatic nitrogens is 2. The van der Waals surface area contributed by atoms with Crippen molar-refractivity contribution < 1.29 is 13.9 Å². The van der Waals surface area contributed by atoms with Crippen molar-refractivity contribution in [1.82, 2.24) is 9.97 Å². The lowest BCUT2D eigenvalue weighted by atomic mass is 10.1. The Bertz CT molecular complexity index is 975. The Hall–Kier alpha value is -2.73. The molecule has 0 fully saturated rings. The van der Waals surface area contributed by atoms with Crippen LogP contribution in [-0.2, 0) is 5.75 Å². The number of nitrogens with zero attached hydrogens (tertiary/aromatic N) is 2. The number of thioether (sulfide) groups is 1. The molecule has 0 saturated carbocycles. The van der Waals surface area contributed by atoms with Crippen LogP contribution in [0.2, 0.25) is 0 Å². The summed E-state index contributed by atoms with van der Waals surface area (Å²) in [6, 6.07) is 15.4. The molecule has 0 aliphatic carbocycles. The second kappa shape index (κ2) is 8.97. The monoisotopic (exact) mass is 396 g/mol. The van der Waals surface area contributed by atoms with Crippen molar-refractivity contribution in [3.8, 4) is 11.6 Å². The van der Waals surface area contributed by atoms with Gasteiger partial charge in [0.2, 0.25) is 5.88 Å². The Morgan fingerprint density at radius 2 is 1.82 bits per heavy atom. The van der Waals surface area contributed by atoms with E-state index in [1.54, 1.807) is 42.5 Å². The van der Waals surface area contributed by atoms with Crippen LogP contribution in [0, 0.1) is 5.82 Å². The molecule has 6 heteroatoms. The number of Topliss-reactive ketones (excluding diaryl/α,β-unsaturated/α-hetero) is 1. The summed E-state index contributed by atoms with van der Waals surface area (Å²) >= 11 is 1.36. The van der Waals surface area contributed by atoms with Crippen LogP contribution in [0.3, 0.4) is 0 Å². The van der Waals surface area contributed by atoms with Crippen molar-refractivity contribution >= 4 is 17.5 Å². The maximum atomic E-state index is 13.9. The zero-order chi connectivity index (χ0) is 20.1. The summed E-state index contributed by atoms with van der Waals surface area (Å²) in [6.45, 7) is 5.60. The van der Waals surface area contributed by atoms with E-state index in [4.69, 9.17) is 4.74 Å². The first-order valence-electron chi connectivity index (χ1n) is 8.96. The third-order valence-electron chi connectivity index (χ3n) is 4.09. The van der Waals surface area contributed by atoms with E-state index in [0.29, 0.717) is 33.7 Å². The maximum Gasteiger partial charge on any atom is 0.223 e. The molecule has 144 valence electrons. The summed E-state index contributed by atoms with van der Waals surface area (Å²) < 4.78 is 19.7. The van der Waals surface area contributed by atoms with Crippen LogP contribution in [0.25, 0.3) is 0 Å². The van der Waals surface area contributed by atoms with Gasteiger partial charge >= 0.3 is 0 Å². The number of hydrogen-bond donors (Lipinski definition) is 0. The van der Waals surface area contributed by atoms with Crippen LogP contribution in [0.1, 0.15) is 48.3 Å². The molecule has 0 amide bonds. The van der Waals surface area contributed by atoms with E-state index in [-0.39, 0.29) is 17.5 Å². The van der Waals surface area contributed by atoms with Crippen molar-refractivity contribution in [2.24, 2.45) is 0 Å². The molecule has 0 aliphatic rings. The number of hydrogen-bond acceptors (Lipinski definition) is 5. The molecule has 0 atom stereocenters. The Balaban J connectivity index is 1.80. The van der Waals surface area contributed by atoms with Gasteiger partial charge in [-0.2, -0.15) is 4.98 Å². The molecule has 0 spiro atoms. The van der Waals surface area contributed by atoms with Crippen LogP contribution < -0.4 is 4.74 Å². The average Bonchev–Trinajstić information content (AvgIpc) is 2.67. The first-order valence-corrected chi connectivity index (χ1v) is 9.95. The highest BCUT2D eigenvalue weighted by molar-refractivity contribution is 7.98. The van der Waals surface area contributed by atoms with E-state index >= 15 is 0 Å². The van der Waals surface area contributed by atoms with Gasteiger partial charge in [0, 0.05) is 17.4 Å². The number of carbonyl (C=O) groups is 1. The van der Waals surface area contributed by atoms with Crippen molar-refractivity contribution in [2.45, 2.75) is 37.6 Å². The summed E-state index contributed by atoms with van der Waals surface area (Å²) in [5.41, 5.74) is 2.08. The molecule has 3 rings (SSSR count). The normalized spacial score (nSPS) is 10.9. The topological polar surface area (TPSA) is 52.1 Å². The van der Waals surface area contributed by atoms with Gasteiger partial charge in [0.25, 0.3) is 0 Å². The molecule has 3 aromatic rings. The van der Waals surface area contributed by atoms with Gasteiger partial charge in [0.05, 0.1) is 5.69 Å². The van der Waals surface area contributed by atoms with E-state index < -0.39 is 0 Å². The molecule has 2 aromatic carbocycles. The molecule has 1 heterocycles. The standard InChI is InChI=1S/C22H21FN2O2S/c1-14(2)20-12-21(27-18-10-8-16(9-11-18)15(3)26)25-22(24-20)28-13-17-6-4-5-7-19(17)23/h4-12,14H,13H2,1-3H3. The summed E-state index contributed by atoms with van der Waals surface area (Å²) in [4.78, 5) is 20.4. The van der Waals surface area contributed by atoms with Gasteiger partial charge in [-0.25, -0.2) is 9.37 Å². The second-order valence-electron chi connectivity index (χ2n) is 6.63. The third kappa shape index (κ3) is 5.16. The molecule has 0 unspecified atom stereocenters. The maximum absolute atomic E-state index is 13.9. The first kappa shape index (κ1) is 20.0. The number of rotatable bonds is 7. The predicted octanol–water partition coefficient (Wildman–Crippen LogP) is 6.03. The lowest BCUT2D eigenvalue weighted by Crippen LogP contribution is -2.00. The fourth-order valence-electron chi connectivity index (χ4n) is 2.47. The number of ketones is 1. The van der Waals surface area contributed by atoms with Gasteiger partial charge in [-0.05, 0) is 48.7 Å². The van der Waals surface area contributed by atoms with E-state index in [1.807, 2.05) is 19.9 Å². The Kier molecular flexibility index (Phi) is 6.41. The highest BCUT2D eigenvalue weighted by atomic mass is 32.2. The van der Waals surface area contributed by atoms with Crippen molar-refractivity contribution in [3.05, 3.63) is 77.2 Å². The lowest BCUT2D eigenvalue weighted by Gasteiger charge is -2.11. The Morgan fingerprint density at radius 1 is 1.11 bits per heavy atom. The van der Waals surface area contributed by atoms with Crippen molar-refractivity contribution in [2.75, 3.05) is 0 Å². The largest absolute Gasteiger partial charge is 0.439 e. The van der Waals surface area contributed by atoms with E-state index in [1.165, 1.54) is 24.8 Å². The molecule has 28 heavy (non-hydrogen) atoms. The van der Waals surface area contributed by atoms with Gasteiger partial charge in [-0.15, -0.1) is 0 Å². The average molecular weight is 396 g/mol. The molecule has 4 nitrogen and oxygen atoms in total. The summed E-state index contributed by atoms with van der Waals surface area (Å²) in [7, 11) is 0. The molecular formula is C22H21FN2O2S. The summed E-state index contributed by atoms with van der Waals surface area (Å²) in [6.07, 6.45) is 0. The SMILES string of the molecule is CC(=O)c1ccc(Oc2cc(C(C)C)nc(SCc3ccccc3F)n2)cc1. The molecule has 0 radical (unpaired) electrons. The van der Waals surface area contributed by atoms with E-state index in [0.717, 1.165) is 5.69 Å². The van der Waals surface area contributed by atoms with Gasteiger partial charge in [-0.3, -0.25) is 4.79 Å². The van der Waals surface area contributed by atoms with Crippen LogP contribution in [0.5, 0.6) is 11.6 Å². The minimum atomic E-state index is -0.239. The van der Waals surface area contributed by atoms with Crippen LogP contribution in [0.4, 0.5) is 4.39 Å². The molecule has 0 saturated heterocycles. The number of halogens is 1. The number of carbonyl (C=O) groups excluding carboxylic acids is 1. The predicted molar refractivity (Wildman–Crippen MR) is 109 cm³/mol. The highest BCUT2D eigenvalue weighted by Gasteiger charge is 2.12. The third-order valence-corrected chi connectivity index (χ3v) is 4.99. The smallest absolute Gasteiger partial charge is 0.223 e. The highest BCUT2D eigenvalue weighted by Crippen LogP contribution is 2.28. The first-order chi connectivity index (χ1) is 13.4. The zero-order valence-corrected chi connectivity index (χ0v) is 16.8. The Labute approximate surface area is 168 Å². The minimum Gasteiger partial charge on any atom is -0.439 e. The van der Waals surface area contributed by atoms with Crippen molar-refractivity contribution in [1.29, 1.82) is 0 Å². The summed E-state index contributed by atoms with van der Waals surface area (Å²) in [5.74, 6) is 1.40. The van der Waals surface area contributed by atoms with Gasteiger partial charge < -0.3 is 4.74 Å². The van der Waals surface area contributed by atoms with Gasteiger partial charge in [0.15, 0.2) is 10.9 Å². The van der Waals surface area contributed by atoms with Crippen LogP contribution in [-0.4, -0.2) is 15.8 Å². The fourth-order valence-corrected chi connectivity index (χ4v) is 3.31. The molecule has 0 N–H and O–H groups in total. The zero-order valence-electron chi connectivity index (χ0n) is 16.0. The quantitative estimate of drug-likeness (QED) is 0.277. The second-order valence-corrected chi connectivity index (χ2v) is 7.57. The van der Waals surface area contributed by atoms with Crippen LogP contribution >= 0.6 is 11.8 Å². The fraction of sp³-hybridized carbons (Fsp3) is 0.227. The lowest BCUT2D eigenvalue weighted by molar-refractivity contribution is 0.101. The molecular weight excluding hydrogens is 375 g/mol. The van der Waals surface area contributed by atoms with E-state index in [9.17, 15) is 9.18 Å². The van der Waals surface area contributed by atoms with Gasteiger partial charge in [-0.1, -0.05) is 43.8 Å². The van der Waals surface area contributed by atoms with Crippen LogP contribution in [0.15, 0.2) is 59.8 Å². The molecule has 1 aromatic heterocycles. The molecule has 0 bridgehead atoms. The van der Waals surface area contributed by atoms with Crippen molar-refractivity contribution in [3.63, 3.8) is 0 Å².